The van der Waals surface area contributed by atoms with Crippen molar-refractivity contribution < 1.29 is 8.91 Å². The van der Waals surface area contributed by atoms with Crippen LogP contribution in [0.4, 0.5) is 4.39 Å². The third-order valence-electron chi connectivity index (χ3n) is 3.41. The summed E-state index contributed by atoms with van der Waals surface area (Å²) in [5.41, 5.74) is 0.310. The number of hydrogen-bond acceptors (Lipinski definition) is 5. The van der Waals surface area contributed by atoms with Crippen molar-refractivity contribution in [3.8, 4) is 11.5 Å². The number of aromatic nitrogens is 2. The van der Waals surface area contributed by atoms with Gasteiger partial charge in [-0.25, -0.2) is 4.39 Å². The van der Waals surface area contributed by atoms with Crippen molar-refractivity contribution in [2.75, 3.05) is 26.7 Å². The van der Waals surface area contributed by atoms with Crippen molar-refractivity contribution in [2.45, 2.75) is 6.04 Å². The molecule has 0 aliphatic carbocycles. The summed E-state index contributed by atoms with van der Waals surface area (Å²) in [6.07, 6.45) is 0. The summed E-state index contributed by atoms with van der Waals surface area (Å²) >= 11 is 3.31. The monoisotopic (exact) mass is 340 g/mol. The summed E-state index contributed by atoms with van der Waals surface area (Å²) in [4.78, 5) is 6.49. The van der Waals surface area contributed by atoms with Crippen molar-refractivity contribution in [1.82, 2.24) is 20.4 Å². The van der Waals surface area contributed by atoms with Crippen LogP contribution in [0.5, 0.6) is 0 Å². The SMILES string of the molecule is CN1CCNCC1c1noc(-c2cc(Br)ccc2F)n1. The zero-order valence-electron chi connectivity index (χ0n) is 10.9. The molecule has 106 valence electrons. The van der Waals surface area contributed by atoms with Crippen LogP contribution in [0.3, 0.4) is 0 Å². The van der Waals surface area contributed by atoms with E-state index in [1.54, 1.807) is 12.1 Å². The number of likely N-dealkylation sites (N-methyl/N-ethyl adjacent to an activating group) is 1. The average molecular weight is 341 g/mol. The Hall–Kier alpha value is -1.31. The molecule has 3 rings (SSSR count). The van der Waals surface area contributed by atoms with Gasteiger partial charge in [0.2, 0.25) is 0 Å². The number of hydrogen-bond donors (Lipinski definition) is 1. The molecule has 0 radical (unpaired) electrons. The van der Waals surface area contributed by atoms with E-state index in [1.165, 1.54) is 6.07 Å². The van der Waals surface area contributed by atoms with Crippen LogP contribution in [-0.4, -0.2) is 41.7 Å². The van der Waals surface area contributed by atoms with Gasteiger partial charge >= 0.3 is 0 Å². The fourth-order valence-electron chi connectivity index (χ4n) is 2.24. The largest absolute Gasteiger partial charge is 0.334 e. The molecule has 1 N–H and O–H groups in total. The first kappa shape index (κ1) is 13.7. The van der Waals surface area contributed by atoms with Crippen molar-refractivity contribution >= 4 is 15.9 Å². The van der Waals surface area contributed by atoms with E-state index in [-0.39, 0.29) is 17.7 Å². The lowest BCUT2D eigenvalue weighted by molar-refractivity contribution is 0.190. The molecule has 1 atom stereocenters. The second-order valence-corrected chi connectivity index (χ2v) is 5.70. The van der Waals surface area contributed by atoms with Crippen molar-refractivity contribution in [3.05, 3.63) is 34.3 Å². The molecule has 0 spiro atoms. The lowest BCUT2D eigenvalue weighted by Gasteiger charge is -2.30. The number of nitrogens with zero attached hydrogens (tertiary/aromatic N) is 3. The van der Waals surface area contributed by atoms with Gasteiger partial charge in [-0.05, 0) is 25.2 Å². The number of halogens is 2. The third kappa shape index (κ3) is 2.61. The second-order valence-electron chi connectivity index (χ2n) is 4.78. The molecule has 2 aromatic rings. The molecule has 1 aromatic carbocycles. The van der Waals surface area contributed by atoms with E-state index in [1.807, 2.05) is 7.05 Å². The highest BCUT2D eigenvalue weighted by Crippen LogP contribution is 2.27. The van der Waals surface area contributed by atoms with E-state index >= 15 is 0 Å². The highest BCUT2D eigenvalue weighted by molar-refractivity contribution is 9.10. The minimum absolute atomic E-state index is 0.0523. The van der Waals surface area contributed by atoms with Gasteiger partial charge in [0.25, 0.3) is 5.89 Å². The molecule has 2 heterocycles. The van der Waals surface area contributed by atoms with Gasteiger partial charge in [0.1, 0.15) is 5.82 Å². The van der Waals surface area contributed by atoms with Crippen LogP contribution in [0.25, 0.3) is 11.5 Å². The summed E-state index contributed by atoms with van der Waals surface area (Å²) in [5, 5.41) is 7.28. The van der Waals surface area contributed by atoms with Gasteiger partial charge in [-0.2, -0.15) is 4.98 Å². The van der Waals surface area contributed by atoms with Crippen molar-refractivity contribution in [3.63, 3.8) is 0 Å². The predicted molar refractivity (Wildman–Crippen MR) is 75.6 cm³/mol. The Morgan fingerprint density at radius 1 is 1.50 bits per heavy atom. The lowest BCUT2D eigenvalue weighted by Crippen LogP contribution is -2.44. The molecule has 1 aliphatic heterocycles. The van der Waals surface area contributed by atoms with Crippen LogP contribution < -0.4 is 5.32 Å². The van der Waals surface area contributed by atoms with Gasteiger partial charge < -0.3 is 9.84 Å². The molecule has 1 fully saturated rings. The fraction of sp³-hybridized carbons (Fsp3) is 0.385. The summed E-state index contributed by atoms with van der Waals surface area (Å²) in [6.45, 7) is 2.62. The Balaban J connectivity index is 1.91. The summed E-state index contributed by atoms with van der Waals surface area (Å²) < 4.78 is 19.8. The zero-order valence-corrected chi connectivity index (χ0v) is 12.5. The number of rotatable bonds is 2. The Kier molecular flexibility index (Phi) is 3.82. The number of nitrogens with one attached hydrogen (secondary N) is 1. The number of benzene rings is 1. The van der Waals surface area contributed by atoms with E-state index in [4.69, 9.17) is 4.52 Å². The molecule has 20 heavy (non-hydrogen) atoms. The molecule has 1 aromatic heterocycles. The van der Waals surface area contributed by atoms with Crippen LogP contribution in [0.1, 0.15) is 11.9 Å². The summed E-state index contributed by atoms with van der Waals surface area (Å²) in [7, 11) is 2.02. The first-order chi connectivity index (χ1) is 9.65. The number of piperazine rings is 1. The van der Waals surface area contributed by atoms with Crippen LogP contribution in [0, 0.1) is 5.82 Å². The topological polar surface area (TPSA) is 54.2 Å². The molecule has 0 amide bonds. The normalized spacial score (nSPS) is 20.2. The van der Waals surface area contributed by atoms with Crippen LogP contribution in [-0.2, 0) is 0 Å². The van der Waals surface area contributed by atoms with Crippen molar-refractivity contribution in [2.24, 2.45) is 0 Å². The van der Waals surface area contributed by atoms with Gasteiger partial charge in [-0.15, -0.1) is 0 Å². The standard InChI is InChI=1S/C13H14BrFN4O/c1-19-5-4-16-7-11(19)12-17-13(20-18-12)9-6-8(14)2-3-10(9)15/h2-3,6,11,16H,4-5,7H2,1H3. The van der Waals surface area contributed by atoms with E-state index in [9.17, 15) is 4.39 Å². The quantitative estimate of drug-likeness (QED) is 0.908. The van der Waals surface area contributed by atoms with E-state index in [0.717, 1.165) is 24.1 Å². The van der Waals surface area contributed by atoms with Crippen LogP contribution in [0.15, 0.2) is 27.2 Å². The maximum Gasteiger partial charge on any atom is 0.260 e. The molecular weight excluding hydrogens is 327 g/mol. The smallest absolute Gasteiger partial charge is 0.260 e. The predicted octanol–water partition coefficient (Wildman–Crippen LogP) is 2.21. The first-order valence-corrected chi connectivity index (χ1v) is 7.14. The van der Waals surface area contributed by atoms with Crippen LogP contribution >= 0.6 is 15.9 Å². The van der Waals surface area contributed by atoms with E-state index in [0.29, 0.717) is 11.4 Å². The Morgan fingerprint density at radius 2 is 2.35 bits per heavy atom. The third-order valence-corrected chi connectivity index (χ3v) is 3.90. The highest BCUT2D eigenvalue weighted by atomic mass is 79.9. The lowest BCUT2D eigenvalue weighted by atomic mass is 10.2. The Labute approximate surface area is 124 Å². The fourth-order valence-corrected chi connectivity index (χ4v) is 2.60. The maximum absolute atomic E-state index is 13.8. The molecule has 5 nitrogen and oxygen atoms in total. The molecule has 7 heteroatoms. The van der Waals surface area contributed by atoms with Gasteiger partial charge in [-0.3, -0.25) is 4.90 Å². The average Bonchev–Trinajstić information content (AvgIpc) is 2.91. The second kappa shape index (κ2) is 5.59. The molecule has 1 saturated heterocycles. The highest BCUT2D eigenvalue weighted by Gasteiger charge is 2.26. The Morgan fingerprint density at radius 3 is 3.15 bits per heavy atom. The van der Waals surface area contributed by atoms with E-state index < -0.39 is 0 Å². The maximum atomic E-state index is 13.8. The van der Waals surface area contributed by atoms with Gasteiger partial charge in [-0.1, -0.05) is 21.1 Å². The molecule has 1 unspecified atom stereocenters. The molecule has 0 saturated carbocycles. The molecular formula is C13H14BrFN4O. The summed E-state index contributed by atoms with van der Waals surface area (Å²) in [6, 6.07) is 4.69. The minimum Gasteiger partial charge on any atom is -0.334 e. The molecule has 1 aliphatic rings. The minimum atomic E-state index is -0.376. The summed E-state index contributed by atoms with van der Waals surface area (Å²) in [5.74, 6) is 0.408. The zero-order chi connectivity index (χ0) is 14.1. The Bertz CT molecular complexity index is 618. The van der Waals surface area contributed by atoms with Gasteiger partial charge in [0.15, 0.2) is 5.82 Å². The first-order valence-electron chi connectivity index (χ1n) is 6.35. The van der Waals surface area contributed by atoms with Gasteiger partial charge in [0, 0.05) is 24.1 Å². The van der Waals surface area contributed by atoms with Crippen molar-refractivity contribution in [1.29, 1.82) is 0 Å². The van der Waals surface area contributed by atoms with Crippen LogP contribution in [0.2, 0.25) is 0 Å². The van der Waals surface area contributed by atoms with E-state index in [2.05, 4.69) is 36.3 Å². The molecule has 0 bridgehead atoms. The van der Waals surface area contributed by atoms with Gasteiger partial charge in [0.05, 0.1) is 11.6 Å².